The van der Waals surface area contributed by atoms with Crippen LogP contribution in [0.2, 0.25) is 0 Å². The number of oxazole rings is 1. The number of hydrogen-bond donors (Lipinski definition) is 10. The van der Waals surface area contributed by atoms with Crippen LogP contribution in [0.1, 0.15) is 105 Å². The summed E-state index contributed by atoms with van der Waals surface area (Å²) < 4.78 is 65.1. The highest BCUT2D eigenvalue weighted by Crippen LogP contribution is 2.63. The molecule has 2 aliphatic heterocycles. The zero-order valence-corrected chi connectivity index (χ0v) is 47.0. The normalized spacial score (nSPS) is 27.8. The van der Waals surface area contributed by atoms with Crippen molar-refractivity contribution >= 4 is 27.6 Å². The summed E-state index contributed by atoms with van der Waals surface area (Å²) in [6.07, 6.45) is 3.44. The average Bonchev–Trinajstić information content (AvgIpc) is 3.86. The van der Waals surface area contributed by atoms with Gasteiger partial charge in [-0.15, -0.1) is 7.05 Å². The number of aliphatic hydroxyl groups excluding tert-OH is 5. The highest BCUT2D eigenvalue weighted by atomic mass is 31.3. The summed E-state index contributed by atoms with van der Waals surface area (Å²) in [5.74, 6) is -4.05. The number of hydrogen-bond acceptors (Lipinski definition) is 17. The van der Waals surface area contributed by atoms with Crippen LogP contribution in [0.25, 0.3) is 6.08 Å². The van der Waals surface area contributed by atoms with Crippen molar-refractivity contribution in [3.63, 3.8) is 0 Å². The van der Waals surface area contributed by atoms with Crippen LogP contribution in [0.3, 0.4) is 0 Å². The van der Waals surface area contributed by atoms with Gasteiger partial charge in [-0.25, -0.2) is 14.1 Å². The summed E-state index contributed by atoms with van der Waals surface area (Å²) >= 11 is 0. The maximum absolute atomic E-state index is 13.3. The fourth-order valence-corrected chi connectivity index (χ4v) is 11.1. The molecule has 0 radical (unpaired) electrons. The van der Waals surface area contributed by atoms with Crippen molar-refractivity contribution in [2.24, 2.45) is 23.2 Å². The third kappa shape index (κ3) is 18.1. The van der Waals surface area contributed by atoms with E-state index in [1.807, 2.05) is 65.1 Å². The lowest BCUT2D eigenvalue weighted by Gasteiger charge is -2.50. The monoisotopic (exact) mass is 1090 g/mol. The van der Waals surface area contributed by atoms with E-state index in [0.29, 0.717) is 18.0 Å². The summed E-state index contributed by atoms with van der Waals surface area (Å²) in [6.45, 7) is 16.4. The highest BCUT2D eigenvalue weighted by molar-refractivity contribution is 7.60. The van der Waals surface area contributed by atoms with E-state index < -0.39 is 111 Å². The lowest BCUT2D eigenvalue weighted by molar-refractivity contribution is -0.522. The van der Waals surface area contributed by atoms with E-state index in [2.05, 4.69) is 21.7 Å². The number of ether oxygens (including phenoxy) is 4. The van der Waals surface area contributed by atoms with Crippen LogP contribution in [0.4, 0.5) is 0 Å². The highest BCUT2D eigenvalue weighted by Gasteiger charge is 2.68. The van der Waals surface area contributed by atoms with Gasteiger partial charge in [0.2, 0.25) is 0 Å². The largest absolute Gasteiger partial charge is 0.481 e. The van der Waals surface area contributed by atoms with Gasteiger partial charge in [0.1, 0.15) is 30.3 Å². The molecule has 2 saturated heterocycles. The molecule has 1 aromatic rings. The molecule has 24 heteroatoms. The number of amides is 1. The Hall–Kier alpha value is -2.80. The minimum atomic E-state index is -5.58. The van der Waals surface area contributed by atoms with Crippen molar-refractivity contribution < 1.29 is 91.7 Å². The van der Waals surface area contributed by atoms with Gasteiger partial charge in [-0.05, 0) is 64.9 Å². The SMILES string of the molecule is [CH2-][NH2+]\C=C(C)/C=C/C=C(C)/C(C)=C/[C@@H](C)[C@@H](O)[C@@H](C)[C@@H](O)C[C@H](OC)[C@H]1O[C@@]2(C[C@@H](O)[C@H](C)[C@H](C/C=C/c3coc([C@@H](C)CCNC(=O)[C@@H](O)[C@@H](O)[C@H](COC)N(C)C)n3)O2)C(C)(C)[C@H]1OP(=O)(O)OP(=O)(O)O. The minimum absolute atomic E-state index is 0.106. The number of nitrogens with zero attached hydrogens (tertiary/aromatic N) is 2. The lowest BCUT2D eigenvalue weighted by atomic mass is 9.72. The molecule has 74 heavy (non-hydrogen) atoms. The van der Waals surface area contributed by atoms with Crippen LogP contribution >= 0.6 is 15.6 Å². The molecule has 424 valence electrons. The van der Waals surface area contributed by atoms with E-state index in [-0.39, 0.29) is 38.3 Å². The molecule has 1 amide bonds. The first-order valence-electron chi connectivity index (χ1n) is 24.8. The van der Waals surface area contributed by atoms with E-state index >= 15 is 0 Å². The van der Waals surface area contributed by atoms with Crippen LogP contribution in [-0.4, -0.2) is 164 Å². The second-order valence-corrected chi connectivity index (χ2v) is 23.3. The van der Waals surface area contributed by atoms with Crippen molar-refractivity contribution in [2.75, 3.05) is 41.5 Å². The number of carbonyl (C=O) groups is 1. The number of likely N-dealkylation sites (N-methyl/N-ethyl adjacent to an activating group) is 1. The number of aromatic nitrogens is 1. The van der Waals surface area contributed by atoms with Crippen molar-refractivity contribution in [3.8, 4) is 0 Å². The molecule has 1 unspecified atom stereocenters. The van der Waals surface area contributed by atoms with Gasteiger partial charge in [-0.3, -0.25) is 9.32 Å². The standard InChI is InChI=1S/C50H86N4O18P2/c1-29(26-51-10)17-15-18-30(2)32(4)23-33(5)42(57)35(7)38(55)24-41(67-14)45-46(71-74(64,65)72-73(61,62)63)49(8,9)50(70-45)25-39(56)34(6)40(69-50)20-16-19-36-27-68-48(53-36)31(3)21-22-52-47(60)44(59)43(58)37(28-66-13)54(11)12/h15-19,23,26-27,31,33-35,37-46,55-59H,10,20-22,24-25,28,51H2,1-9,11-14H3,(H,52,60)(H,64,65)(H2,61,62,63)/b17-15+,19-16+,29-26-,30-18+,32-23+/t31-,33+,34-,35-,37-,38-,39+,40-,41-,42+,43-,44-,45+,46-,50-/m0/s1. The molecule has 11 N–H and O–H groups in total. The van der Waals surface area contributed by atoms with Gasteiger partial charge in [-0.1, -0.05) is 77.5 Å². The van der Waals surface area contributed by atoms with Crippen LogP contribution in [0, 0.1) is 30.2 Å². The first-order chi connectivity index (χ1) is 34.3. The molecule has 22 nitrogen and oxygen atoms in total. The molecule has 0 saturated carbocycles. The van der Waals surface area contributed by atoms with Gasteiger partial charge in [0.25, 0.3) is 5.91 Å². The minimum Gasteiger partial charge on any atom is -0.452 e. The summed E-state index contributed by atoms with van der Waals surface area (Å²) in [5, 5.41) is 60.2. The van der Waals surface area contributed by atoms with Gasteiger partial charge >= 0.3 is 15.6 Å². The Morgan fingerprint density at radius 1 is 1.05 bits per heavy atom. The molecular weight excluding hydrogens is 1010 g/mol. The molecule has 0 bridgehead atoms. The summed E-state index contributed by atoms with van der Waals surface area (Å²) in [6, 6.07) is -0.611. The van der Waals surface area contributed by atoms with E-state index in [4.69, 9.17) is 27.9 Å². The van der Waals surface area contributed by atoms with E-state index in [9.17, 15) is 54.1 Å². The van der Waals surface area contributed by atoms with Gasteiger partial charge in [-0.2, -0.15) is 4.31 Å². The molecule has 3 rings (SSSR count). The molecule has 3 heterocycles. The smallest absolute Gasteiger partial charge is 0.452 e. The first kappa shape index (κ1) is 65.5. The number of allylic oxidation sites excluding steroid dienone is 6. The Labute approximate surface area is 436 Å². The van der Waals surface area contributed by atoms with Gasteiger partial charge in [0.15, 0.2) is 17.8 Å². The maximum Gasteiger partial charge on any atom is 0.481 e. The number of quaternary nitrogens is 1. The van der Waals surface area contributed by atoms with Gasteiger partial charge in [0, 0.05) is 62.7 Å². The maximum atomic E-state index is 13.3. The Morgan fingerprint density at radius 2 is 1.72 bits per heavy atom. The van der Waals surface area contributed by atoms with E-state index in [1.165, 1.54) is 20.5 Å². The van der Waals surface area contributed by atoms with Crippen LogP contribution in [0.15, 0.2) is 64.0 Å². The van der Waals surface area contributed by atoms with Gasteiger partial charge < -0.3 is 79.1 Å². The number of nitrogens with one attached hydrogen (secondary N) is 1. The second kappa shape index (κ2) is 28.7. The van der Waals surface area contributed by atoms with Crippen molar-refractivity contribution in [1.82, 2.24) is 15.2 Å². The molecule has 1 aromatic heterocycles. The predicted octanol–water partition coefficient (Wildman–Crippen LogP) is 3.59. The van der Waals surface area contributed by atoms with E-state index in [1.54, 1.807) is 64.2 Å². The van der Waals surface area contributed by atoms with Crippen LogP contribution in [0.5, 0.6) is 0 Å². The van der Waals surface area contributed by atoms with Gasteiger partial charge in [0.05, 0.1) is 49.4 Å². The number of methoxy groups -OCH3 is 2. The third-order valence-electron chi connectivity index (χ3n) is 14.3. The van der Waals surface area contributed by atoms with Crippen LogP contribution < -0.4 is 10.6 Å². The molecule has 1 spiro atoms. The molecule has 0 aromatic carbocycles. The Balaban J connectivity index is 1.82. The van der Waals surface area contributed by atoms with E-state index in [0.717, 1.165) is 16.7 Å². The number of phosphoric acid groups is 2. The van der Waals surface area contributed by atoms with Crippen LogP contribution in [-0.2, 0) is 41.7 Å². The zero-order chi connectivity index (χ0) is 56.1. The second-order valence-electron chi connectivity index (χ2n) is 20.6. The topological polar surface area (TPSA) is 326 Å². The molecule has 16 atom stereocenters. The summed E-state index contributed by atoms with van der Waals surface area (Å²) in [7, 11) is -1.25. The Kier molecular flexibility index (Phi) is 25.4. The quantitative estimate of drug-likeness (QED) is 0.0311. The van der Waals surface area contributed by atoms with Crippen molar-refractivity contribution in [2.45, 2.75) is 161 Å². The lowest BCUT2D eigenvalue weighted by Crippen LogP contribution is -2.69. The Morgan fingerprint density at radius 3 is 2.31 bits per heavy atom. The number of carbonyl (C=O) groups excluding carboxylic acids is 1. The number of aliphatic hydroxyl groups is 5. The fourth-order valence-electron chi connectivity index (χ4n) is 9.20. The molecule has 0 aliphatic carbocycles. The number of nitrogens with two attached hydrogens (primary N) is 1. The summed E-state index contributed by atoms with van der Waals surface area (Å²) in [5.41, 5.74) is 1.88. The average molecular weight is 1090 g/mol. The number of rotatable bonds is 29. The Bertz CT molecular complexity index is 2200. The third-order valence-corrected chi connectivity index (χ3v) is 16.5. The van der Waals surface area contributed by atoms with Crippen molar-refractivity contribution in [1.29, 1.82) is 0 Å². The first-order valence-corrected chi connectivity index (χ1v) is 27.8. The molecule has 2 fully saturated rings. The predicted molar refractivity (Wildman–Crippen MR) is 275 cm³/mol. The fraction of sp³-hybridized carbons (Fsp3) is 0.700. The molecular formula is C50H86N4O18P2. The summed E-state index contributed by atoms with van der Waals surface area (Å²) in [4.78, 5) is 48.6. The van der Waals surface area contributed by atoms with Crippen molar-refractivity contribution in [3.05, 3.63) is 78.2 Å². The zero-order valence-electron chi connectivity index (χ0n) is 45.2. The molecule has 2 aliphatic rings. The number of phosphoric ester groups is 1.